The van der Waals surface area contributed by atoms with Crippen molar-refractivity contribution in [2.45, 2.75) is 11.8 Å². The van der Waals surface area contributed by atoms with Gasteiger partial charge in [-0.15, -0.1) is 11.8 Å². The van der Waals surface area contributed by atoms with E-state index in [0.717, 1.165) is 0 Å². The van der Waals surface area contributed by atoms with E-state index in [1.54, 1.807) is 6.07 Å². The molecule has 2 heterocycles. The summed E-state index contributed by atoms with van der Waals surface area (Å²) in [5, 5.41) is 9.23. The molecule has 2 aliphatic rings. The van der Waals surface area contributed by atoms with Gasteiger partial charge in [0.1, 0.15) is 23.9 Å². The molecule has 0 saturated carbocycles. The van der Waals surface area contributed by atoms with Gasteiger partial charge in [-0.25, -0.2) is 9.18 Å². The third kappa shape index (κ3) is 3.32. The Balaban J connectivity index is 0.00000132. The molecule has 1 atom stereocenters. The van der Waals surface area contributed by atoms with E-state index in [9.17, 15) is 19.1 Å². The number of rotatable bonds is 4. The van der Waals surface area contributed by atoms with Gasteiger partial charge in [-0.1, -0.05) is 6.07 Å². The number of thioether (sulfide) groups is 1. The number of fused-ring (bicyclic) bond motifs is 1. The van der Waals surface area contributed by atoms with Gasteiger partial charge >= 0.3 is 35.5 Å². The molecule has 1 unspecified atom stereocenters. The Morgan fingerprint density at radius 1 is 1.55 bits per heavy atom. The van der Waals surface area contributed by atoms with Crippen molar-refractivity contribution < 1.29 is 54.8 Å². The van der Waals surface area contributed by atoms with Crippen molar-refractivity contribution in [2.75, 3.05) is 12.4 Å². The van der Waals surface area contributed by atoms with Crippen LogP contribution in [0.5, 0.6) is 5.75 Å². The number of carbonyl (C=O) groups is 2. The van der Waals surface area contributed by atoms with Crippen LogP contribution in [0.3, 0.4) is 0 Å². The first-order valence-electron chi connectivity index (χ1n) is 6.33. The van der Waals surface area contributed by atoms with Gasteiger partial charge in [0.2, 0.25) is 5.91 Å². The van der Waals surface area contributed by atoms with Gasteiger partial charge in [-0.2, -0.15) is 0 Å². The van der Waals surface area contributed by atoms with E-state index in [1.807, 2.05) is 0 Å². The van der Waals surface area contributed by atoms with Crippen LogP contribution in [0.1, 0.15) is 7.85 Å². The molecule has 3 rings (SSSR count). The summed E-state index contributed by atoms with van der Waals surface area (Å²) >= 11 is 1.51. The molecule has 1 N–H and O–H groups in total. The maximum atomic E-state index is 13.1. The van der Waals surface area contributed by atoms with Gasteiger partial charge in [0.05, 0.1) is 11.8 Å². The maximum Gasteiger partial charge on any atom is 1.00 e. The third-order valence-corrected chi connectivity index (χ3v) is 4.62. The molecule has 22 heavy (non-hydrogen) atoms. The Morgan fingerprint density at radius 2 is 2.32 bits per heavy atom. The van der Waals surface area contributed by atoms with Gasteiger partial charge in [0, 0.05) is 17.4 Å². The van der Waals surface area contributed by atoms with Crippen LogP contribution in [-0.4, -0.2) is 39.6 Å². The molecule has 1 aromatic rings. The van der Waals surface area contributed by atoms with E-state index in [1.165, 1.54) is 34.9 Å². The van der Waals surface area contributed by atoms with Gasteiger partial charge < -0.3 is 11.3 Å². The van der Waals surface area contributed by atoms with Gasteiger partial charge in [-0.3, -0.25) is 9.69 Å². The molecule has 0 aromatic heterocycles. The molecule has 1 saturated heterocycles. The zero-order chi connectivity index (χ0) is 15.0. The van der Waals surface area contributed by atoms with E-state index in [4.69, 9.17) is 4.74 Å². The van der Waals surface area contributed by atoms with Gasteiger partial charge in [0.25, 0.3) is 0 Å². The van der Waals surface area contributed by atoms with E-state index >= 15 is 0 Å². The number of β-lactam (4-membered cyclic amide) rings is 1. The van der Waals surface area contributed by atoms with Crippen LogP contribution in [0.2, 0.25) is 0 Å². The fourth-order valence-corrected chi connectivity index (χ4v) is 3.56. The molecule has 5 nitrogen and oxygen atoms in total. The molecule has 112 valence electrons. The van der Waals surface area contributed by atoms with Crippen molar-refractivity contribution in [3.63, 3.8) is 0 Å². The Hall–Kier alpha value is -1.02. The average molecular weight is 333 g/mol. The van der Waals surface area contributed by atoms with Crippen molar-refractivity contribution >= 4 is 23.6 Å². The number of hydrogen-bond donors (Lipinski definition) is 1. The van der Waals surface area contributed by atoms with E-state index in [0.29, 0.717) is 23.5 Å². The Morgan fingerprint density at radius 3 is 2.95 bits per heavy atom. The minimum Gasteiger partial charge on any atom is -1.00 e. The van der Waals surface area contributed by atoms with E-state index in [2.05, 4.69) is 0 Å². The minimum atomic E-state index is -1.13. The van der Waals surface area contributed by atoms with Gasteiger partial charge in [-0.05, 0) is 12.1 Å². The minimum absolute atomic E-state index is 0. The molecule has 0 bridgehead atoms. The summed E-state index contributed by atoms with van der Waals surface area (Å²) in [6, 6.07) is 5.64. The van der Waals surface area contributed by atoms with Crippen LogP contribution in [0.15, 0.2) is 35.5 Å². The number of benzene rings is 1. The summed E-state index contributed by atoms with van der Waals surface area (Å²) in [4.78, 5) is 24.3. The topological polar surface area (TPSA) is 66.8 Å². The SMILES string of the molecule is O=C(O)C1=C(COc2cccc(F)c2)CSC2CC(=O)N12.[H-].[Na+]. The normalized spacial score (nSPS) is 20.0. The maximum absolute atomic E-state index is 13.1. The van der Waals surface area contributed by atoms with Crippen molar-refractivity contribution in [3.05, 3.63) is 41.4 Å². The fourth-order valence-electron chi connectivity index (χ4n) is 2.32. The van der Waals surface area contributed by atoms with Crippen LogP contribution >= 0.6 is 11.8 Å². The summed E-state index contributed by atoms with van der Waals surface area (Å²) in [6.45, 7) is 0.0224. The number of halogens is 1. The number of ether oxygens (including phenoxy) is 1. The first kappa shape index (κ1) is 17.3. The molecular weight excluding hydrogens is 320 g/mol. The number of amides is 1. The molecule has 0 radical (unpaired) electrons. The quantitative estimate of drug-likeness (QED) is 0.564. The number of carbonyl (C=O) groups excluding carboxylic acids is 1. The standard InChI is InChI=1S/C14H12FNO4S.Na.H/c15-9-2-1-3-10(4-9)20-6-8-7-21-12-5-11(17)16(12)13(8)14(18)19;;/h1-4,12H,5-7H2,(H,18,19);;/q;+1;-1. The number of carboxylic acid groups (broad SMARTS) is 1. The molecule has 1 aromatic carbocycles. The average Bonchev–Trinajstić information content (AvgIpc) is 2.44. The second-order valence-corrected chi connectivity index (χ2v) is 5.90. The first-order chi connectivity index (χ1) is 10.1. The molecule has 0 spiro atoms. The summed E-state index contributed by atoms with van der Waals surface area (Å²) in [7, 11) is 0. The predicted octanol–water partition coefficient (Wildman–Crippen LogP) is -1.04. The second kappa shape index (κ2) is 7.04. The van der Waals surface area contributed by atoms with Crippen molar-refractivity contribution in [2.24, 2.45) is 0 Å². The van der Waals surface area contributed by atoms with Crippen LogP contribution in [0.25, 0.3) is 0 Å². The zero-order valence-electron chi connectivity index (χ0n) is 12.9. The zero-order valence-corrected chi connectivity index (χ0v) is 14.7. The molecule has 0 aliphatic carbocycles. The Bertz CT molecular complexity index is 657. The number of nitrogens with zero attached hydrogens (tertiary/aromatic N) is 1. The fraction of sp³-hybridized carbons (Fsp3) is 0.286. The molecule has 1 fully saturated rings. The van der Waals surface area contributed by atoms with Crippen molar-refractivity contribution in [3.8, 4) is 5.75 Å². The Labute approximate surface area is 154 Å². The first-order valence-corrected chi connectivity index (χ1v) is 7.38. The monoisotopic (exact) mass is 333 g/mol. The molecule has 2 aliphatic heterocycles. The Kier molecular flexibility index (Phi) is 5.55. The second-order valence-electron chi connectivity index (χ2n) is 4.74. The summed E-state index contributed by atoms with van der Waals surface area (Å²) in [6.07, 6.45) is 0.374. The molecule has 1 amide bonds. The molecular formula is C14H13FNNaO4S. The van der Waals surface area contributed by atoms with Gasteiger partial charge in [0.15, 0.2) is 0 Å². The molecule has 8 heteroatoms. The van der Waals surface area contributed by atoms with Crippen LogP contribution in [0, 0.1) is 5.82 Å². The van der Waals surface area contributed by atoms with E-state index in [-0.39, 0.29) is 54.6 Å². The van der Waals surface area contributed by atoms with E-state index < -0.39 is 11.8 Å². The third-order valence-electron chi connectivity index (χ3n) is 3.34. The smallest absolute Gasteiger partial charge is 1.00 e. The van der Waals surface area contributed by atoms with Crippen LogP contribution < -0.4 is 34.3 Å². The summed E-state index contributed by atoms with van der Waals surface area (Å²) in [5.74, 6) is -0.921. The predicted molar refractivity (Wildman–Crippen MR) is 75.4 cm³/mol. The van der Waals surface area contributed by atoms with Crippen molar-refractivity contribution in [1.29, 1.82) is 0 Å². The number of aliphatic carboxylic acids is 1. The largest absolute Gasteiger partial charge is 1.00 e. The summed E-state index contributed by atoms with van der Waals surface area (Å²) in [5.41, 5.74) is 0.535. The summed E-state index contributed by atoms with van der Waals surface area (Å²) < 4.78 is 18.5. The number of hydrogen-bond acceptors (Lipinski definition) is 4. The number of carboxylic acids is 1. The van der Waals surface area contributed by atoms with Crippen LogP contribution in [0.4, 0.5) is 4.39 Å². The van der Waals surface area contributed by atoms with Crippen molar-refractivity contribution in [1.82, 2.24) is 4.90 Å². The van der Waals surface area contributed by atoms with Crippen LogP contribution in [-0.2, 0) is 9.59 Å².